The highest BCUT2D eigenvalue weighted by atomic mass is 19.1. The minimum Gasteiger partial charge on any atom is -0.393 e. The third kappa shape index (κ3) is 4.01. The molecule has 0 saturated carbocycles. The fraction of sp³-hybridized carbons (Fsp3) is 0.500. The first-order valence-corrected chi connectivity index (χ1v) is 10.6. The van der Waals surface area contributed by atoms with Gasteiger partial charge < -0.3 is 20.2 Å². The Kier molecular flexibility index (Phi) is 5.70. The van der Waals surface area contributed by atoms with Crippen LogP contribution in [0.5, 0.6) is 0 Å². The fourth-order valence-corrected chi connectivity index (χ4v) is 4.37. The summed E-state index contributed by atoms with van der Waals surface area (Å²) in [5.74, 6) is -0.559. The molecule has 1 aromatic heterocycles. The number of urea groups is 1. The minimum atomic E-state index is -0.510. The molecule has 0 fully saturated rings. The number of aliphatic hydroxyl groups is 1. The second kappa shape index (κ2) is 8.30. The van der Waals surface area contributed by atoms with Gasteiger partial charge in [0.15, 0.2) is 0 Å². The predicted molar refractivity (Wildman–Crippen MR) is 113 cm³/mol. The molecule has 3 amide bonds. The maximum absolute atomic E-state index is 13.5. The van der Waals surface area contributed by atoms with Crippen LogP contribution in [0.3, 0.4) is 0 Å². The number of nitrogens with one attached hydrogen (secondary N) is 1. The average molecular weight is 429 g/mol. The summed E-state index contributed by atoms with van der Waals surface area (Å²) in [5, 5.41) is 17.8. The molecular weight excluding hydrogens is 401 g/mol. The van der Waals surface area contributed by atoms with Crippen LogP contribution < -0.4 is 5.32 Å². The molecule has 2 unspecified atom stereocenters. The molecule has 8 nitrogen and oxygen atoms in total. The number of nitrogens with zero attached hydrogens (tertiary/aromatic N) is 4. The van der Waals surface area contributed by atoms with E-state index in [0.717, 1.165) is 11.3 Å². The van der Waals surface area contributed by atoms with Crippen molar-refractivity contribution in [3.8, 4) is 0 Å². The number of hydrogen-bond acceptors (Lipinski definition) is 4. The first-order chi connectivity index (χ1) is 14.8. The number of hydrogen-bond donors (Lipinski definition) is 2. The van der Waals surface area contributed by atoms with Gasteiger partial charge >= 0.3 is 6.03 Å². The summed E-state index contributed by atoms with van der Waals surface area (Å²) < 4.78 is 15.2. The van der Waals surface area contributed by atoms with Gasteiger partial charge in [-0.05, 0) is 37.1 Å². The van der Waals surface area contributed by atoms with E-state index in [9.17, 15) is 19.1 Å². The van der Waals surface area contributed by atoms with Crippen LogP contribution in [0.4, 0.5) is 14.9 Å². The zero-order chi connectivity index (χ0) is 22.3. The zero-order valence-electron chi connectivity index (χ0n) is 18.1. The Labute approximate surface area is 180 Å². The fourth-order valence-electron chi connectivity index (χ4n) is 4.37. The molecule has 166 valence electrons. The van der Waals surface area contributed by atoms with Crippen molar-refractivity contribution in [3.63, 3.8) is 0 Å². The van der Waals surface area contributed by atoms with Crippen molar-refractivity contribution in [2.24, 2.45) is 5.92 Å². The highest BCUT2D eigenvalue weighted by Gasteiger charge is 2.36. The van der Waals surface area contributed by atoms with E-state index in [2.05, 4.69) is 10.4 Å². The van der Waals surface area contributed by atoms with Crippen molar-refractivity contribution in [2.75, 3.05) is 25.5 Å². The van der Waals surface area contributed by atoms with Gasteiger partial charge in [0.25, 0.3) is 5.91 Å². The number of fused-ring (bicyclic) bond motifs is 3. The average Bonchev–Trinajstić information content (AvgIpc) is 3.05. The van der Waals surface area contributed by atoms with E-state index >= 15 is 0 Å². The molecule has 0 bridgehead atoms. The molecule has 2 aliphatic heterocycles. The first kappa shape index (κ1) is 21.3. The van der Waals surface area contributed by atoms with E-state index in [1.165, 1.54) is 12.1 Å². The van der Waals surface area contributed by atoms with Crippen LogP contribution in [0.2, 0.25) is 0 Å². The molecule has 0 spiro atoms. The Balaban J connectivity index is 1.57. The Hall–Kier alpha value is -2.94. The number of halogens is 1. The van der Waals surface area contributed by atoms with Gasteiger partial charge in [-0.15, -0.1) is 0 Å². The lowest BCUT2D eigenvalue weighted by Crippen LogP contribution is -2.40. The van der Waals surface area contributed by atoms with Gasteiger partial charge in [-0.1, -0.05) is 6.92 Å². The second-order valence-electron chi connectivity index (χ2n) is 8.44. The maximum atomic E-state index is 13.5. The standard InChI is InChI=1S/C22H28FN5O3/c1-4-19(29)14-10-26(3)21(30)20-16-12-27(8-7-18(16)25-28(20)11-14)22(31)24-15-5-6-17(23)13(2)9-15/h5-6,9,14,19,29H,4,7-8,10-12H2,1-3H3,(H,24,31). The van der Waals surface area contributed by atoms with E-state index in [4.69, 9.17) is 0 Å². The molecule has 2 aromatic rings. The monoisotopic (exact) mass is 429 g/mol. The number of aryl methyl sites for hydroxylation is 1. The van der Waals surface area contributed by atoms with Crippen LogP contribution in [0.1, 0.15) is 40.7 Å². The minimum absolute atomic E-state index is 0.0947. The van der Waals surface area contributed by atoms with Gasteiger partial charge in [0, 0.05) is 50.3 Å². The highest BCUT2D eigenvalue weighted by Crippen LogP contribution is 2.28. The van der Waals surface area contributed by atoms with Crippen LogP contribution in [-0.2, 0) is 19.5 Å². The number of carbonyl (C=O) groups excluding carboxylic acids is 2. The molecule has 4 rings (SSSR count). The smallest absolute Gasteiger partial charge is 0.322 e. The molecule has 0 aliphatic carbocycles. The van der Waals surface area contributed by atoms with Gasteiger partial charge in [-0.2, -0.15) is 5.10 Å². The summed E-state index contributed by atoms with van der Waals surface area (Å²) in [6.45, 7) is 5.24. The number of benzene rings is 1. The van der Waals surface area contributed by atoms with Crippen molar-refractivity contribution < 1.29 is 19.1 Å². The number of aliphatic hydroxyl groups excluding tert-OH is 1. The number of amides is 3. The second-order valence-corrected chi connectivity index (χ2v) is 8.44. The molecule has 1 aromatic carbocycles. The van der Waals surface area contributed by atoms with E-state index < -0.39 is 6.10 Å². The molecule has 0 radical (unpaired) electrons. The van der Waals surface area contributed by atoms with Gasteiger partial charge in [-0.3, -0.25) is 9.48 Å². The molecular formula is C22H28FN5O3. The Bertz CT molecular complexity index is 1020. The lowest BCUT2D eigenvalue weighted by Gasteiger charge is -2.27. The van der Waals surface area contributed by atoms with Crippen molar-refractivity contribution in [1.82, 2.24) is 19.6 Å². The van der Waals surface area contributed by atoms with Crippen LogP contribution in [0.25, 0.3) is 0 Å². The Morgan fingerprint density at radius 3 is 2.87 bits per heavy atom. The highest BCUT2D eigenvalue weighted by molar-refractivity contribution is 5.95. The topological polar surface area (TPSA) is 90.7 Å². The molecule has 31 heavy (non-hydrogen) atoms. The number of rotatable bonds is 3. The lowest BCUT2D eigenvalue weighted by molar-refractivity contribution is 0.0626. The van der Waals surface area contributed by atoms with Crippen LogP contribution in [-0.4, -0.2) is 62.9 Å². The van der Waals surface area contributed by atoms with Crippen molar-refractivity contribution in [3.05, 3.63) is 46.5 Å². The summed E-state index contributed by atoms with van der Waals surface area (Å²) in [6, 6.07) is 4.14. The third-order valence-corrected chi connectivity index (χ3v) is 6.23. The van der Waals surface area contributed by atoms with Crippen LogP contribution >= 0.6 is 0 Å². The van der Waals surface area contributed by atoms with Crippen molar-refractivity contribution >= 4 is 17.6 Å². The Morgan fingerprint density at radius 1 is 1.39 bits per heavy atom. The van der Waals surface area contributed by atoms with E-state index in [0.29, 0.717) is 49.4 Å². The van der Waals surface area contributed by atoms with Crippen molar-refractivity contribution in [1.29, 1.82) is 0 Å². The van der Waals surface area contributed by atoms with Gasteiger partial charge in [-0.25, -0.2) is 9.18 Å². The van der Waals surface area contributed by atoms with Crippen LogP contribution in [0.15, 0.2) is 18.2 Å². The summed E-state index contributed by atoms with van der Waals surface area (Å²) in [4.78, 5) is 29.2. The SMILES string of the molecule is CCC(O)C1CN(C)C(=O)c2c3c(nn2C1)CCN(C(=O)Nc1ccc(F)c(C)c1)C3. The van der Waals surface area contributed by atoms with Crippen LogP contribution in [0, 0.1) is 18.7 Å². The zero-order valence-corrected chi connectivity index (χ0v) is 18.1. The maximum Gasteiger partial charge on any atom is 0.322 e. The number of carbonyl (C=O) groups is 2. The van der Waals surface area contributed by atoms with Gasteiger partial charge in [0.2, 0.25) is 0 Å². The van der Waals surface area contributed by atoms with Crippen molar-refractivity contribution in [2.45, 2.75) is 45.9 Å². The summed E-state index contributed by atoms with van der Waals surface area (Å²) in [7, 11) is 1.73. The molecule has 2 atom stereocenters. The van der Waals surface area contributed by atoms with E-state index in [-0.39, 0.29) is 30.2 Å². The molecule has 2 aliphatic rings. The molecule has 0 saturated heterocycles. The third-order valence-electron chi connectivity index (χ3n) is 6.23. The number of aromatic nitrogens is 2. The molecule has 2 N–H and O–H groups in total. The summed E-state index contributed by atoms with van der Waals surface area (Å²) >= 11 is 0. The van der Waals surface area contributed by atoms with Gasteiger partial charge in [0.1, 0.15) is 11.5 Å². The quantitative estimate of drug-likeness (QED) is 0.784. The molecule has 9 heteroatoms. The largest absolute Gasteiger partial charge is 0.393 e. The predicted octanol–water partition coefficient (Wildman–Crippen LogP) is 2.39. The normalized spacial score (nSPS) is 19.5. The summed E-state index contributed by atoms with van der Waals surface area (Å²) in [5.41, 5.74) is 3.07. The van der Waals surface area contributed by atoms with E-state index in [1.807, 2.05) is 6.92 Å². The van der Waals surface area contributed by atoms with Gasteiger partial charge in [0.05, 0.1) is 18.3 Å². The first-order valence-electron chi connectivity index (χ1n) is 10.6. The summed E-state index contributed by atoms with van der Waals surface area (Å²) in [6.07, 6.45) is 0.645. The molecule has 3 heterocycles. The lowest BCUT2D eigenvalue weighted by atomic mass is 10.0. The Morgan fingerprint density at radius 2 is 2.16 bits per heavy atom. The van der Waals surface area contributed by atoms with E-state index in [1.54, 1.807) is 34.5 Å². The number of anilines is 1.